The maximum Gasteiger partial charge on any atom is 0.162 e. The minimum atomic E-state index is -0.172. The monoisotopic (exact) mass is 287 g/mol. The average Bonchev–Trinajstić information content (AvgIpc) is 2.66. The lowest BCUT2D eigenvalue weighted by Gasteiger charge is -2.01. The van der Waals surface area contributed by atoms with E-state index in [0.29, 0.717) is 16.5 Å². The molecule has 0 unspecified atom stereocenters. The van der Waals surface area contributed by atoms with Crippen molar-refractivity contribution in [2.45, 2.75) is 6.61 Å². The van der Waals surface area contributed by atoms with Gasteiger partial charge >= 0.3 is 0 Å². The zero-order valence-electron chi connectivity index (χ0n) is 7.58. The fraction of sp³-hybridized carbons (Fsp3) is 0.100. The summed E-state index contributed by atoms with van der Waals surface area (Å²) in [5.74, 6) is 0.414. The maximum atomic E-state index is 8.86. The van der Waals surface area contributed by atoms with Crippen molar-refractivity contribution in [1.82, 2.24) is 5.16 Å². The Hall–Kier alpha value is -0.840. The quantitative estimate of drug-likeness (QED) is 0.922. The predicted molar refractivity (Wildman–Crippen MR) is 60.6 cm³/mol. The summed E-state index contributed by atoms with van der Waals surface area (Å²) in [7, 11) is 0. The molecule has 0 saturated carbocycles. The van der Waals surface area contributed by atoms with E-state index in [1.807, 2.05) is 12.1 Å². The van der Waals surface area contributed by atoms with Gasteiger partial charge in [-0.1, -0.05) is 38.8 Å². The van der Waals surface area contributed by atoms with Gasteiger partial charge in [0.1, 0.15) is 12.3 Å². The van der Waals surface area contributed by atoms with E-state index in [-0.39, 0.29) is 6.61 Å². The summed E-state index contributed by atoms with van der Waals surface area (Å²) < 4.78 is 5.74. The Labute approximate surface area is 99.8 Å². The number of benzene rings is 1. The highest BCUT2D eigenvalue weighted by atomic mass is 79.9. The molecule has 0 saturated heterocycles. The second-order valence-corrected chi connectivity index (χ2v) is 4.19. The first-order chi connectivity index (χ1) is 7.22. The van der Waals surface area contributed by atoms with Gasteiger partial charge < -0.3 is 9.63 Å². The molecule has 2 aromatic rings. The van der Waals surface area contributed by atoms with Gasteiger partial charge in [0.15, 0.2) is 5.76 Å². The van der Waals surface area contributed by atoms with Gasteiger partial charge in [-0.3, -0.25) is 0 Å². The summed E-state index contributed by atoms with van der Waals surface area (Å²) in [5, 5.41) is 13.3. The van der Waals surface area contributed by atoms with Crippen LogP contribution in [0.4, 0.5) is 0 Å². The minimum absolute atomic E-state index is 0.172. The first kappa shape index (κ1) is 10.7. The zero-order valence-corrected chi connectivity index (χ0v) is 9.92. The second-order valence-electron chi connectivity index (χ2n) is 2.93. The molecular weight excluding hydrogens is 281 g/mol. The van der Waals surface area contributed by atoms with Gasteiger partial charge in [-0.25, -0.2) is 0 Å². The molecule has 0 fully saturated rings. The molecule has 0 spiro atoms. The molecule has 78 valence electrons. The summed E-state index contributed by atoms with van der Waals surface area (Å²) in [6.07, 6.45) is 0. The van der Waals surface area contributed by atoms with E-state index in [2.05, 4.69) is 21.1 Å². The molecule has 0 aliphatic heterocycles. The summed E-state index contributed by atoms with van der Waals surface area (Å²) in [4.78, 5) is 0. The van der Waals surface area contributed by atoms with Crippen molar-refractivity contribution < 1.29 is 9.63 Å². The Morgan fingerprint density at radius 1 is 1.47 bits per heavy atom. The van der Waals surface area contributed by atoms with Gasteiger partial charge in [0.25, 0.3) is 0 Å². The second kappa shape index (κ2) is 4.35. The smallest absolute Gasteiger partial charge is 0.162 e. The van der Waals surface area contributed by atoms with Crippen LogP contribution in [-0.4, -0.2) is 10.3 Å². The third-order valence-corrected chi connectivity index (χ3v) is 2.91. The lowest BCUT2D eigenvalue weighted by atomic mass is 10.1. The first-order valence-electron chi connectivity index (χ1n) is 4.23. The molecule has 0 aliphatic carbocycles. The Morgan fingerprint density at radius 2 is 2.27 bits per heavy atom. The van der Waals surface area contributed by atoms with E-state index in [1.165, 1.54) is 0 Å². The van der Waals surface area contributed by atoms with Crippen LogP contribution in [-0.2, 0) is 6.61 Å². The van der Waals surface area contributed by atoms with Gasteiger partial charge in [0.2, 0.25) is 0 Å². The average molecular weight is 289 g/mol. The molecular formula is C10H7BrClNO2. The van der Waals surface area contributed by atoms with Crippen molar-refractivity contribution in [3.8, 4) is 11.3 Å². The number of aliphatic hydroxyl groups excluding tert-OH is 1. The lowest BCUT2D eigenvalue weighted by Crippen LogP contribution is -1.81. The molecule has 0 aliphatic rings. The Morgan fingerprint density at radius 3 is 2.87 bits per heavy atom. The van der Waals surface area contributed by atoms with E-state index < -0.39 is 0 Å². The first-order valence-corrected chi connectivity index (χ1v) is 5.40. The highest BCUT2D eigenvalue weighted by Gasteiger charge is 2.12. The summed E-state index contributed by atoms with van der Waals surface area (Å²) in [6.45, 7) is -0.172. The van der Waals surface area contributed by atoms with Crippen molar-refractivity contribution in [1.29, 1.82) is 0 Å². The van der Waals surface area contributed by atoms with Crippen LogP contribution in [0.15, 0.2) is 33.3 Å². The normalized spacial score (nSPS) is 10.6. The van der Waals surface area contributed by atoms with Crippen molar-refractivity contribution in [3.05, 3.63) is 39.5 Å². The highest BCUT2D eigenvalue weighted by molar-refractivity contribution is 9.10. The van der Waals surface area contributed by atoms with Crippen LogP contribution in [0.25, 0.3) is 11.3 Å². The van der Waals surface area contributed by atoms with Crippen molar-refractivity contribution >= 4 is 27.5 Å². The van der Waals surface area contributed by atoms with Crippen LogP contribution in [0.2, 0.25) is 5.02 Å². The largest absolute Gasteiger partial charge is 0.388 e. The molecule has 0 bridgehead atoms. The van der Waals surface area contributed by atoms with Crippen molar-refractivity contribution in [3.63, 3.8) is 0 Å². The van der Waals surface area contributed by atoms with Crippen molar-refractivity contribution in [2.24, 2.45) is 0 Å². The molecule has 0 atom stereocenters. The topological polar surface area (TPSA) is 46.3 Å². The number of hydrogen-bond donors (Lipinski definition) is 1. The fourth-order valence-corrected chi connectivity index (χ4v) is 2.20. The minimum Gasteiger partial charge on any atom is -0.388 e. The summed E-state index contributed by atoms with van der Waals surface area (Å²) in [6, 6.07) is 7.14. The van der Waals surface area contributed by atoms with Gasteiger partial charge in [-0.2, -0.15) is 0 Å². The van der Waals surface area contributed by atoms with E-state index in [0.717, 1.165) is 10.0 Å². The van der Waals surface area contributed by atoms with Crippen LogP contribution in [0.3, 0.4) is 0 Å². The number of nitrogens with zero attached hydrogens (tertiary/aromatic N) is 1. The predicted octanol–water partition coefficient (Wildman–Crippen LogP) is 3.25. The Balaban J connectivity index is 2.53. The van der Waals surface area contributed by atoms with Gasteiger partial charge in [0, 0.05) is 16.1 Å². The standard InChI is InChI=1S/C10H7BrClNO2/c11-7-2-1-3-8(12)10(7)9-4-6(5-14)15-13-9/h1-4,14H,5H2. The van der Waals surface area contributed by atoms with Gasteiger partial charge in [-0.05, 0) is 12.1 Å². The molecule has 0 radical (unpaired) electrons. The third kappa shape index (κ3) is 2.07. The molecule has 2 rings (SSSR count). The molecule has 1 N–H and O–H groups in total. The van der Waals surface area contributed by atoms with E-state index in [4.69, 9.17) is 21.2 Å². The van der Waals surface area contributed by atoms with E-state index in [9.17, 15) is 0 Å². The molecule has 1 aromatic heterocycles. The number of halogens is 2. The zero-order chi connectivity index (χ0) is 10.8. The number of aromatic nitrogens is 1. The summed E-state index contributed by atoms with van der Waals surface area (Å²) in [5.41, 5.74) is 1.37. The molecule has 3 nitrogen and oxygen atoms in total. The number of hydrogen-bond acceptors (Lipinski definition) is 3. The lowest BCUT2D eigenvalue weighted by molar-refractivity contribution is 0.229. The number of rotatable bonds is 2. The van der Waals surface area contributed by atoms with E-state index in [1.54, 1.807) is 12.1 Å². The van der Waals surface area contributed by atoms with Crippen LogP contribution in [0.5, 0.6) is 0 Å². The van der Waals surface area contributed by atoms with Gasteiger partial charge in [-0.15, -0.1) is 0 Å². The highest BCUT2D eigenvalue weighted by Crippen LogP contribution is 2.34. The molecule has 1 heterocycles. The molecule has 15 heavy (non-hydrogen) atoms. The van der Waals surface area contributed by atoms with E-state index >= 15 is 0 Å². The van der Waals surface area contributed by atoms with Gasteiger partial charge in [0.05, 0.1) is 5.02 Å². The van der Waals surface area contributed by atoms with Crippen LogP contribution >= 0.6 is 27.5 Å². The fourth-order valence-electron chi connectivity index (χ4n) is 1.25. The van der Waals surface area contributed by atoms with Crippen LogP contribution < -0.4 is 0 Å². The Kier molecular flexibility index (Phi) is 3.09. The molecule has 0 amide bonds. The summed E-state index contributed by atoms with van der Waals surface area (Å²) >= 11 is 9.43. The molecule has 5 heteroatoms. The SMILES string of the molecule is OCc1cc(-c2c(Cl)cccc2Br)no1. The van der Waals surface area contributed by atoms with Crippen LogP contribution in [0, 0.1) is 0 Å². The van der Waals surface area contributed by atoms with Crippen LogP contribution in [0.1, 0.15) is 5.76 Å². The number of aliphatic hydroxyl groups is 1. The third-order valence-electron chi connectivity index (χ3n) is 1.93. The maximum absolute atomic E-state index is 8.86. The molecule has 1 aromatic carbocycles. The Bertz CT molecular complexity index is 464. The van der Waals surface area contributed by atoms with Crippen molar-refractivity contribution in [2.75, 3.05) is 0 Å².